The largest absolute Gasteiger partial charge is 0.382 e. The number of amides is 1. The number of carbonyl (C=O) groups is 1. The third kappa shape index (κ3) is 5.24. The Morgan fingerprint density at radius 2 is 1.75 bits per heavy atom. The molecule has 0 radical (unpaired) electrons. The summed E-state index contributed by atoms with van der Waals surface area (Å²) in [6.07, 6.45) is 5.15. The lowest BCUT2D eigenvalue weighted by atomic mass is 10.0. The lowest BCUT2D eigenvalue weighted by molar-refractivity contribution is -0.127. The summed E-state index contributed by atoms with van der Waals surface area (Å²) in [5.74, 6) is 0.141. The monoisotopic (exact) mass is 276 g/mol. The first-order valence-corrected chi connectivity index (χ1v) is 7.63. The maximum Gasteiger partial charge on any atom is 0.226 e. The van der Waals surface area contributed by atoms with E-state index in [0.717, 1.165) is 11.3 Å². The van der Waals surface area contributed by atoms with Crippen molar-refractivity contribution in [2.75, 3.05) is 19.4 Å². The molecule has 20 heavy (non-hydrogen) atoms. The normalized spacial score (nSPS) is 10.7. The van der Waals surface area contributed by atoms with E-state index in [-0.39, 0.29) is 5.91 Å². The number of hydrogen-bond acceptors (Lipinski definition) is 2. The molecule has 0 bridgehead atoms. The van der Waals surface area contributed by atoms with Crippen LogP contribution in [0, 0.1) is 0 Å². The summed E-state index contributed by atoms with van der Waals surface area (Å²) in [6.45, 7) is 4.43. The molecule has 0 aliphatic carbocycles. The highest BCUT2D eigenvalue weighted by Crippen LogP contribution is 2.20. The summed E-state index contributed by atoms with van der Waals surface area (Å²) in [6, 6.07) is 8.65. The molecule has 1 N–H and O–H groups in total. The van der Waals surface area contributed by atoms with E-state index in [4.69, 9.17) is 0 Å². The highest BCUT2D eigenvalue weighted by molar-refractivity contribution is 5.80. The van der Waals surface area contributed by atoms with Crippen LogP contribution in [0.5, 0.6) is 0 Å². The minimum absolute atomic E-state index is 0.141. The molecule has 0 saturated heterocycles. The molecule has 0 spiro atoms. The number of rotatable bonds is 8. The molecule has 112 valence electrons. The molecule has 0 aromatic heterocycles. The predicted octanol–water partition coefficient (Wildman–Crippen LogP) is 3.70. The second kappa shape index (κ2) is 8.62. The van der Waals surface area contributed by atoms with E-state index in [9.17, 15) is 4.79 Å². The van der Waals surface area contributed by atoms with Crippen molar-refractivity contribution in [3.8, 4) is 0 Å². The minimum atomic E-state index is 0.141. The van der Waals surface area contributed by atoms with E-state index in [1.54, 1.807) is 19.0 Å². The van der Waals surface area contributed by atoms with Crippen LogP contribution in [-0.4, -0.2) is 30.9 Å². The summed E-state index contributed by atoms with van der Waals surface area (Å²) in [5.41, 5.74) is 2.19. The SMILES string of the molecule is CCCC(CCC)Nc1ccccc1CC(=O)N(C)C. The third-order valence-electron chi connectivity index (χ3n) is 3.49. The van der Waals surface area contributed by atoms with Crippen molar-refractivity contribution in [2.45, 2.75) is 52.0 Å². The zero-order chi connectivity index (χ0) is 15.0. The van der Waals surface area contributed by atoms with Crippen LogP contribution in [-0.2, 0) is 11.2 Å². The maximum atomic E-state index is 11.9. The fourth-order valence-electron chi connectivity index (χ4n) is 2.34. The Bertz CT molecular complexity index is 409. The number of benzene rings is 1. The van der Waals surface area contributed by atoms with Gasteiger partial charge in [0.1, 0.15) is 0 Å². The van der Waals surface area contributed by atoms with Gasteiger partial charge in [0.15, 0.2) is 0 Å². The smallest absolute Gasteiger partial charge is 0.226 e. The first kappa shape index (κ1) is 16.5. The second-order valence-electron chi connectivity index (χ2n) is 5.54. The summed E-state index contributed by atoms with van der Waals surface area (Å²) in [5, 5.41) is 3.62. The zero-order valence-corrected chi connectivity index (χ0v) is 13.3. The standard InChI is InChI=1S/C17H28N2O/c1-5-9-15(10-6-2)18-16-12-8-7-11-14(16)13-17(20)19(3)4/h7-8,11-12,15,18H,5-6,9-10,13H2,1-4H3. The van der Waals surface area contributed by atoms with E-state index in [2.05, 4.69) is 25.2 Å². The second-order valence-corrected chi connectivity index (χ2v) is 5.54. The molecule has 1 rings (SSSR count). The molecule has 0 atom stereocenters. The lowest BCUT2D eigenvalue weighted by Crippen LogP contribution is -2.25. The number of anilines is 1. The fourth-order valence-corrected chi connectivity index (χ4v) is 2.34. The molecule has 0 unspecified atom stereocenters. The molecule has 3 heteroatoms. The van der Waals surface area contributed by atoms with Crippen LogP contribution in [0.2, 0.25) is 0 Å². The van der Waals surface area contributed by atoms with E-state index < -0.39 is 0 Å². The predicted molar refractivity (Wildman–Crippen MR) is 86.1 cm³/mol. The number of nitrogens with one attached hydrogen (secondary N) is 1. The third-order valence-corrected chi connectivity index (χ3v) is 3.49. The van der Waals surface area contributed by atoms with Gasteiger partial charge in [-0.05, 0) is 24.5 Å². The van der Waals surface area contributed by atoms with Crippen molar-refractivity contribution < 1.29 is 4.79 Å². The van der Waals surface area contributed by atoms with Gasteiger partial charge in [-0.1, -0.05) is 44.9 Å². The molecule has 0 aliphatic heterocycles. The Balaban J connectivity index is 2.80. The highest BCUT2D eigenvalue weighted by Gasteiger charge is 2.12. The number of likely N-dealkylation sites (N-methyl/N-ethyl adjacent to an activating group) is 1. The Hall–Kier alpha value is -1.51. The molecule has 0 heterocycles. The van der Waals surface area contributed by atoms with Crippen molar-refractivity contribution in [1.82, 2.24) is 4.90 Å². The number of carbonyl (C=O) groups excluding carboxylic acids is 1. The fraction of sp³-hybridized carbons (Fsp3) is 0.588. The summed E-state index contributed by atoms with van der Waals surface area (Å²) >= 11 is 0. The summed E-state index contributed by atoms with van der Waals surface area (Å²) < 4.78 is 0. The molecule has 3 nitrogen and oxygen atoms in total. The molecule has 1 aromatic rings. The molecule has 0 fully saturated rings. The quantitative estimate of drug-likeness (QED) is 0.785. The van der Waals surface area contributed by atoms with Crippen molar-refractivity contribution in [3.63, 3.8) is 0 Å². The Morgan fingerprint density at radius 3 is 2.30 bits per heavy atom. The zero-order valence-electron chi connectivity index (χ0n) is 13.3. The Morgan fingerprint density at radius 1 is 1.15 bits per heavy atom. The average Bonchev–Trinajstić information content (AvgIpc) is 2.41. The minimum Gasteiger partial charge on any atom is -0.382 e. The summed E-state index contributed by atoms with van der Waals surface area (Å²) in [7, 11) is 3.60. The van der Waals surface area contributed by atoms with E-state index >= 15 is 0 Å². The maximum absolute atomic E-state index is 11.9. The van der Waals surface area contributed by atoms with Crippen molar-refractivity contribution in [2.24, 2.45) is 0 Å². The van der Waals surface area contributed by atoms with Crippen LogP contribution in [0.1, 0.15) is 45.1 Å². The van der Waals surface area contributed by atoms with Crippen LogP contribution in [0.3, 0.4) is 0 Å². The molecule has 0 saturated carbocycles. The number of para-hydroxylation sites is 1. The summed E-state index contributed by atoms with van der Waals surface area (Å²) in [4.78, 5) is 13.5. The van der Waals surface area contributed by atoms with E-state index in [1.165, 1.54) is 25.7 Å². The van der Waals surface area contributed by atoms with Crippen molar-refractivity contribution in [3.05, 3.63) is 29.8 Å². The molecular weight excluding hydrogens is 248 g/mol. The van der Waals surface area contributed by atoms with Gasteiger partial charge >= 0.3 is 0 Å². The lowest BCUT2D eigenvalue weighted by Gasteiger charge is -2.21. The van der Waals surface area contributed by atoms with Crippen LogP contribution in [0.15, 0.2) is 24.3 Å². The van der Waals surface area contributed by atoms with Crippen LogP contribution < -0.4 is 5.32 Å². The van der Waals surface area contributed by atoms with Gasteiger partial charge in [0, 0.05) is 25.8 Å². The van der Waals surface area contributed by atoms with E-state index in [1.807, 2.05) is 18.2 Å². The van der Waals surface area contributed by atoms with Gasteiger partial charge < -0.3 is 10.2 Å². The number of nitrogens with zero attached hydrogens (tertiary/aromatic N) is 1. The van der Waals surface area contributed by atoms with Crippen molar-refractivity contribution >= 4 is 11.6 Å². The Kier molecular flexibility index (Phi) is 7.13. The molecule has 0 aliphatic rings. The van der Waals surface area contributed by atoms with Gasteiger partial charge in [0.05, 0.1) is 6.42 Å². The first-order chi connectivity index (χ1) is 9.58. The molecule has 1 amide bonds. The van der Waals surface area contributed by atoms with Crippen molar-refractivity contribution in [1.29, 1.82) is 0 Å². The topological polar surface area (TPSA) is 32.3 Å². The van der Waals surface area contributed by atoms with Gasteiger partial charge in [-0.2, -0.15) is 0 Å². The average molecular weight is 276 g/mol. The number of hydrogen-bond donors (Lipinski definition) is 1. The Labute approximate surface area is 123 Å². The van der Waals surface area contributed by atoms with Crippen LogP contribution in [0.4, 0.5) is 5.69 Å². The van der Waals surface area contributed by atoms with E-state index in [0.29, 0.717) is 12.5 Å². The van der Waals surface area contributed by atoms with Gasteiger partial charge in [0.2, 0.25) is 5.91 Å². The van der Waals surface area contributed by atoms with Gasteiger partial charge in [0.25, 0.3) is 0 Å². The van der Waals surface area contributed by atoms with Gasteiger partial charge in [-0.15, -0.1) is 0 Å². The molecular formula is C17H28N2O. The van der Waals surface area contributed by atoms with Gasteiger partial charge in [-0.25, -0.2) is 0 Å². The van der Waals surface area contributed by atoms with Crippen LogP contribution >= 0.6 is 0 Å². The highest BCUT2D eigenvalue weighted by atomic mass is 16.2. The first-order valence-electron chi connectivity index (χ1n) is 7.63. The molecule has 1 aromatic carbocycles. The van der Waals surface area contributed by atoms with Gasteiger partial charge in [-0.3, -0.25) is 4.79 Å². The van der Waals surface area contributed by atoms with Crippen LogP contribution in [0.25, 0.3) is 0 Å².